The van der Waals surface area contributed by atoms with Crippen LogP contribution in [-0.4, -0.2) is 106 Å². The van der Waals surface area contributed by atoms with Crippen molar-refractivity contribution in [3.8, 4) is 0 Å². The average Bonchev–Trinajstić information content (AvgIpc) is 2.51. The zero-order valence-corrected chi connectivity index (χ0v) is 25.1. The number of rotatable bonds is 12. The number of hydrogen-bond acceptors (Lipinski definition) is 12. The molecule has 1 aliphatic rings. The minimum Gasteiger partial charge on any atom is -0.324 e. The van der Waals surface area contributed by atoms with E-state index in [9.17, 15) is 56.8 Å². The van der Waals surface area contributed by atoms with Crippen LogP contribution in [0.25, 0.3) is 0 Å². The Balaban J connectivity index is 4.04. The van der Waals surface area contributed by atoms with Gasteiger partial charge in [0.15, 0.2) is 7.37 Å². The zero-order chi connectivity index (χ0) is 28.7. The molecule has 1 aliphatic carbocycles. The van der Waals surface area contributed by atoms with Gasteiger partial charge in [-0.3, -0.25) is 45.4 Å². The van der Waals surface area contributed by atoms with Gasteiger partial charge in [-0.05, 0) is 0 Å². The van der Waals surface area contributed by atoms with Crippen LogP contribution in [0.15, 0.2) is 0 Å². The first-order valence-corrected chi connectivity index (χ1v) is 21.6. The SMILES string of the molecule is CP(C)(=O)OC1C(OP(C)(=O)O)C(OP(C)(=O)O)C(OP(=O)(O)O)C(OP(C)(=O)O)C1OP(C)(=O)O. The van der Waals surface area contributed by atoms with Crippen molar-refractivity contribution in [1.29, 1.82) is 0 Å². The molecule has 0 amide bonds. The fourth-order valence-corrected chi connectivity index (χ4v) is 7.35. The molecule has 0 heterocycles. The van der Waals surface area contributed by atoms with Gasteiger partial charge in [0.2, 0.25) is 0 Å². The lowest BCUT2D eigenvalue weighted by Crippen LogP contribution is -2.66. The molecule has 0 radical (unpaired) electrons. The van der Waals surface area contributed by atoms with E-state index in [1.807, 2.05) is 0 Å². The molecule has 216 valence electrons. The van der Waals surface area contributed by atoms with Crippen LogP contribution in [0, 0.1) is 0 Å². The number of hydrogen-bond donors (Lipinski definition) is 6. The van der Waals surface area contributed by atoms with Crippen LogP contribution in [0.1, 0.15) is 0 Å². The highest BCUT2D eigenvalue weighted by Gasteiger charge is 2.61. The van der Waals surface area contributed by atoms with E-state index in [1.165, 1.54) is 0 Å². The van der Waals surface area contributed by atoms with Crippen LogP contribution in [0.5, 0.6) is 0 Å². The Labute approximate surface area is 206 Å². The summed E-state index contributed by atoms with van der Waals surface area (Å²) in [5.74, 6) is 0. The zero-order valence-electron chi connectivity index (χ0n) is 19.7. The summed E-state index contributed by atoms with van der Waals surface area (Å²) in [7, 11) is -28.1. The minimum atomic E-state index is -5.63. The van der Waals surface area contributed by atoms with Gasteiger partial charge in [0.1, 0.15) is 36.6 Å². The van der Waals surface area contributed by atoms with Crippen LogP contribution in [0.3, 0.4) is 0 Å². The van der Waals surface area contributed by atoms with E-state index in [0.717, 1.165) is 13.3 Å². The highest BCUT2D eigenvalue weighted by molar-refractivity contribution is 7.57. The van der Waals surface area contributed by atoms with Crippen molar-refractivity contribution >= 4 is 45.6 Å². The molecule has 8 unspecified atom stereocenters. The monoisotopic (exact) mass is 648 g/mol. The maximum Gasteiger partial charge on any atom is 0.470 e. The Hall–Kier alpha value is 0.900. The summed E-state index contributed by atoms with van der Waals surface area (Å²) in [6.07, 6.45) is -13.6. The van der Waals surface area contributed by atoms with Crippen LogP contribution in [-0.2, 0) is 54.5 Å². The van der Waals surface area contributed by atoms with Gasteiger partial charge >= 0.3 is 38.2 Å². The van der Waals surface area contributed by atoms with Crippen molar-refractivity contribution < 1.29 is 83.9 Å². The Morgan fingerprint density at radius 1 is 0.389 bits per heavy atom. The first-order chi connectivity index (χ1) is 15.6. The minimum absolute atomic E-state index is 0.604. The van der Waals surface area contributed by atoms with Gasteiger partial charge in [0, 0.05) is 40.0 Å². The second-order valence-electron chi connectivity index (χ2n) is 8.37. The van der Waals surface area contributed by atoms with E-state index in [-0.39, 0.29) is 0 Å². The lowest BCUT2D eigenvalue weighted by Gasteiger charge is -2.49. The molecule has 1 fully saturated rings. The van der Waals surface area contributed by atoms with Crippen LogP contribution in [0.4, 0.5) is 0 Å². The van der Waals surface area contributed by atoms with E-state index in [1.54, 1.807) is 0 Å². The average molecular weight is 648 g/mol. The number of phosphoric acid groups is 1. The second kappa shape index (κ2) is 11.8. The third kappa shape index (κ3) is 13.3. The summed E-state index contributed by atoms with van der Waals surface area (Å²) in [5, 5.41) is 0. The molecule has 0 bridgehead atoms. The van der Waals surface area contributed by atoms with Crippen LogP contribution >= 0.6 is 45.6 Å². The quantitative estimate of drug-likeness (QED) is 0.162. The van der Waals surface area contributed by atoms with Gasteiger partial charge in [-0.15, -0.1) is 0 Å². The summed E-state index contributed by atoms with van der Waals surface area (Å²) in [4.78, 5) is 58.3. The lowest BCUT2D eigenvalue weighted by molar-refractivity contribution is -0.190. The first-order valence-electron chi connectivity index (χ1n) is 9.49. The fourth-order valence-electron chi connectivity index (χ4n) is 3.20. The number of phosphoric ester groups is 1. The molecule has 0 aromatic heterocycles. The molecular weight excluding hydrogens is 618 g/mol. The Morgan fingerprint density at radius 3 is 0.750 bits per heavy atom. The normalized spacial score (nSPS) is 34.7. The lowest BCUT2D eigenvalue weighted by atomic mass is 9.85. The molecule has 0 saturated heterocycles. The van der Waals surface area contributed by atoms with Gasteiger partial charge in [-0.1, -0.05) is 0 Å². The second-order valence-corrected chi connectivity index (χ2v) is 19.5. The van der Waals surface area contributed by atoms with Crippen molar-refractivity contribution in [1.82, 2.24) is 0 Å². The predicted octanol–water partition coefficient (Wildman–Crippen LogP) is 1.20. The maximum absolute atomic E-state index is 12.6. The van der Waals surface area contributed by atoms with Crippen molar-refractivity contribution in [3.05, 3.63) is 0 Å². The molecule has 1 saturated carbocycles. The summed E-state index contributed by atoms with van der Waals surface area (Å²) < 4.78 is 103. The van der Waals surface area contributed by atoms with E-state index in [4.69, 9.17) is 22.6 Å². The summed E-state index contributed by atoms with van der Waals surface area (Å²) in [6, 6.07) is 0. The third-order valence-electron chi connectivity index (χ3n) is 3.85. The largest absolute Gasteiger partial charge is 0.470 e. The molecular formula is C12H30O18P6. The van der Waals surface area contributed by atoms with Crippen molar-refractivity contribution in [2.75, 3.05) is 40.0 Å². The van der Waals surface area contributed by atoms with Crippen LogP contribution in [0.2, 0.25) is 0 Å². The highest BCUT2D eigenvalue weighted by atomic mass is 31.2. The molecule has 6 N–H and O–H groups in total. The van der Waals surface area contributed by atoms with E-state index in [0.29, 0.717) is 26.7 Å². The Kier molecular flexibility index (Phi) is 11.4. The first kappa shape index (κ1) is 34.9. The molecule has 0 aromatic rings. The molecule has 36 heavy (non-hydrogen) atoms. The summed E-state index contributed by atoms with van der Waals surface area (Å²) in [5.41, 5.74) is 0. The molecule has 1 rings (SSSR count). The van der Waals surface area contributed by atoms with Crippen molar-refractivity contribution in [2.24, 2.45) is 0 Å². The Morgan fingerprint density at radius 2 is 0.583 bits per heavy atom. The van der Waals surface area contributed by atoms with Gasteiger partial charge in [0.25, 0.3) is 0 Å². The van der Waals surface area contributed by atoms with Gasteiger partial charge in [-0.2, -0.15) is 0 Å². The molecule has 24 heteroatoms. The van der Waals surface area contributed by atoms with Gasteiger partial charge < -0.3 is 33.9 Å². The maximum atomic E-state index is 12.6. The molecule has 8 atom stereocenters. The van der Waals surface area contributed by atoms with E-state index < -0.39 is 82.2 Å². The van der Waals surface area contributed by atoms with E-state index >= 15 is 0 Å². The highest BCUT2D eigenvalue weighted by Crippen LogP contribution is 2.57. The van der Waals surface area contributed by atoms with E-state index in [2.05, 4.69) is 4.52 Å². The van der Waals surface area contributed by atoms with Crippen molar-refractivity contribution in [2.45, 2.75) is 36.6 Å². The fraction of sp³-hybridized carbons (Fsp3) is 1.00. The Bertz CT molecular complexity index is 825. The standard InChI is InChI=1S/C12H30O18P6/c1-31(2,13)25-7-8(26-32(3,14)15)10(28-34(5,18)19)12(30-36(22,23)24)11(29-35(6,20)21)9(7)27-33(4,16)17/h7-12H,1-6H3,(H,14,15)(H,16,17)(H,18,19)(H,20,21)(H2,22,23,24). The van der Waals surface area contributed by atoms with Crippen LogP contribution < -0.4 is 0 Å². The summed E-state index contributed by atoms with van der Waals surface area (Å²) in [6.45, 7) is 4.51. The predicted molar refractivity (Wildman–Crippen MR) is 124 cm³/mol. The molecule has 18 nitrogen and oxygen atoms in total. The molecule has 0 spiro atoms. The molecule has 0 aliphatic heterocycles. The van der Waals surface area contributed by atoms with Gasteiger partial charge in [0.05, 0.1) is 0 Å². The van der Waals surface area contributed by atoms with Gasteiger partial charge in [-0.25, -0.2) is 4.57 Å². The smallest absolute Gasteiger partial charge is 0.324 e. The molecule has 0 aromatic carbocycles. The third-order valence-corrected chi connectivity index (χ3v) is 7.65. The topological polar surface area (TPSA) is 279 Å². The van der Waals surface area contributed by atoms with Crippen molar-refractivity contribution in [3.63, 3.8) is 0 Å². The summed E-state index contributed by atoms with van der Waals surface area (Å²) >= 11 is 0.